The van der Waals surface area contributed by atoms with Crippen LogP contribution in [0.2, 0.25) is 0 Å². The van der Waals surface area contributed by atoms with Gasteiger partial charge in [0.25, 0.3) is 0 Å². The van der Waals surface area contributed by atoms with Crippen LogP contribution in [0.4, 0.5) is 0 Å². The molecule has 3 heterocycles. The molecule has 0 spiro atoms. The molecular formula is C16H30N4O3. The van der Waals surface area contributed by atoms with Crippen LogP contribution in [-0.2, 0) is 14.3 Å². The summed E-state index contributed by atoms with van der Waals surface area (Å²) in [4.78, 5) is 30.4. The number of hydrogen-bond donors (Lipinski definition) is 1. The van der Waals surface area contributed by atoms with E-state index in [0.29, 0.717) is 19.6 Å². The van der Waals surface area contributed by atoms with Crippen molar-refractivity contribution >= 4 is 11.9 Å². The molecule has 3 aliphatic heterocycles. The summed E-state index contributed by atoms with van der Waals surface area (Å²) in [6, 6.07) is 0. The van der Waals surface area contributed by atoms with Crippen molar-refractivity contribution in [3.63, 3.8) is 0 Å². The van der Waals surface area contributed by atoms with Crippen LogP contribution in [0.5, 0.6) is 0 Å². The van der Waals surface area contributed by atoms with Gasteiger partial charge in [-0.15, -0.1) is 0 Å². The highest BCUT2D eigenvalue weighted by Crippen LogP contribution is 2.08. The molecule has 1 atom stereocenters. The topological polar surface area (TPSA) is 65.1 Å². The predicted molar refractivity (Wildman–Crippen MR) is 88.2 cm³/mol. The molecule has 1 amide bonds. The monoisotopic (exact) mass is 326 g/mol. The molecule has 1 unspecified atom stereocenters. The number of carbonyl (C=O) groups excluding carboxylic acids is 2. The van der Waals surface area contributed by atoms with Crippen molar-refractivity contribution in [1.29, 1.82) is 0 Å². The van der Waals surface area contributed by atoms with Gasteiger partial charge in [0.15, 0.2) is 0 Å². The molecule has 1 N–H and O–H groups in total. The fourth-order valence-corrected chi connectivity index (χ4v) is 2.87. The molecule has 0 aliphatic carbocycles. The summed E-state index contributed by atoms with van der Waals surface area (Å²) in [7, 11) is 0. The lowest BCUT2D eigenvalue weighted by molar-refractivity contribution is -0.156. The number of amides is 1. The van der Waals surface area contributed by atoms with Crippen LogP contribution in [0.3, 0.4) is 0 Å². The number of piperazine rings is 1. The number of nitrogens with one attached hydrogen (secondary N) is 1. The van der Waals surface area contributed by atoms with Gasteiger partial charge in [-0.25, -0.2) is 0 Å². The third-order valence-electron chi connectivity index (χ3n) is 4.07. The van der Waals surface area contributed by atoms with Crippen molar-refractivity contribution in [1.82, 2.24) is 20.0 Å². The quantitative estimate of drug-likeness (QED) is 0.682. The smallest absolute Gasteiger partial charge is 0.320 e. The van der Waals surface area contributed by atoms with Gasteiger partial charge in [0, 0.05) is 52.4 Å². The minimum Gasteiger partial charge on any atom is -0.459 e. The predicted octanol–water partition coefficient (Wildman–Crippen LogP) is -0.622. The first-order chi connectivity index (χ1) is 10.8. The van der Waals surface area contributed by atoms with E-state index in [0.717, 1.165) is 39.3 Å². The Morgan fingerprint density at radius 2 is 1.78 bits per heavy atom. The number of rotatable bonds is 2. The summed E-state index contributed by atoms with van der Waals surface area (Å²) >= 11 is 0. The maximum atomic E-state index is 12.2. The van der Waals surface area contributed by atoms with E-state index in [-0.39, 0.29) is 18.4 Å². The second-order valence-electron chi connectivity index (χ2n) is 7.27. The van der Waals surface area contributed by atoms with Gasteiger partial charge < -0.3 is 15.0 Å². The van der Waals surface area contributed by atoms with Crippen LogP contribution in [-0.4, -0.2) is 97.6 Å². The molecule has 0 aromatic carbocycles. The van der Waals surface area contributed by atoms with Gasteiger partial charge in [0.2, 0.25) is 5.91 Å². The minimum absolute atomic E-state index is 0.189. The molecule has 0 aromatic heterocycles. The molecule has 0 aromatic rings. The van der Waals surface area contributed by atoms with Crippen LogP contribution in [0.1, 0.15) is 20.8 Å². The molecule has 7 heteroatoms. The fraction of sp³-hybridized carbons (Fsp3) is 0.875. The van der Waals surface area contributed by atoms with Gasteiger partial charge in [-0.05, 0) is 20.8 Å². The van der Waals surface area contributed by atoms with Crippen molar-refractivity contribution < 1.29 is 14.3 Å². The summed E-state index contributed by atoms with van der Waals surface area (Å²) in [5, 5.41) is 3.39. The van der Waals surface area contributed by atoms with Crippen molar-refractivity contribution in [2.45, 2.75) is 26.4 Å². The van der Waals surface area contributed by atoms with E-state index in [1.165, 1.54) is 0 Å². The van der Waals surface area contributed by atoms with Crippen molar-refractivity contribution in [3.05, 3.63) is 0 Å². The van der Waals surface area contributed by atoms with Crippen LogP contribution in [0.15, 0.2) is 0 Å². The van der Waals surface area contributed by atoms with E-state index in [1.807, 2.05) is 25.7 Å². The van der Waals surface area contributed by atoms with Gasteiger partial charge in [0.1, 0.15) is 5.60 Å². The Morgan fingerprint density at radius 1 is 1.09 bits per heavy atom. The number of hydrogen-bond acceptors (Lipinski definition) is 6. The van der Waals surface area contributed by atoms with E-state index < -0.39 is 5.60 Å². The summed E-state index contributed by atoms with van der Waals surface area (Å²) in [5.41, 5.74) is -0.464. The van der Waals surface area contributed by atoms with Gasteiger partial charge >= 0.3 is 5.97 Å². The average molecular weight is 326 g/mol. The Kier molecular flexibility index (Phi) is 6.38. The molecule has 3 rings (SSSR count). The first-order valence-corrected chi connectivity index (χ1v) is 8.48. The molecule has 0 radical (unpaired) electrons. The zero-order valence-electron chi connectivity index (χ0n) is 14.6. The second-order valence-corrected chi connectivity index (χ2v) is 7.27. The SMILES string of the molecule is CC(C)(C)OC(=O)CN1CCNCCN2CCN(CC1)C(=O)C2. The highest BCUT2D eigenvalue weighted by molar-refractivity contribution is 5.79. The number of carbonyl (C=O) groups is 2. The zero-order valence-corrected chi connectivity index (χ0v) is 14.6. The minimum atomic E-state index is -0.464. The molecule has 7 nitrogen and oxygen atoms in total. The molecular weight excluding hydrogens is 296 g/mol. The lowest BCUT2D eigenvalue weighted by atomic mass is 10.2. The van der Waals surface area contributed by atoms with E-state index in [9.17, 15) is 9.59 Å². The Labute approximate surface area is 138 Å². The lowest BCUT2D eigenvalue weighted by Gasteiger charge is -2.36. The second kappa shape index (κ2) is 8.08. The van der Waals surface area contributed by atoms with Crippen LogP contribution < -0.4 is 5.32 Å². The summed E-state index contributed by atoms with van der Waals surface area (Å²) in [6.45, 7) is 12.9. The Balaban J connectivity index is 1.91. The highest BCUT2D eigenvalue weighted by atomic mass is 16.6. The van der Waals surface area contributed by atoms with E-state index in [2.05, 4.69) is 15.1 Å². The highest BCUT2D eigenvalue weighted by Gasteiger charge is 2.25. The van der Waals surface area contributed by atoms with E-state index in [4.69, 9.17) is 4.74 Å². The molecule has 23 heavy (non-hydrogen) atoms. The number of ether oxygens (including phenoxy) is 1. The summed E-state index contributed by atoms with van der Waals surface area (Å²) in [6.07, 6.45) is 0. The molecule has 3 aliphatic rings. The largest absolute Gasteiger partial charge is 0.459 e. The number of nitrogens with zero attached hydrogens (tertiary/aromatic N) is 3. The standard InChI is InChI=1S/C16H30N4O3/c1-16(2,3)23-15(22)13-19-7-5-17-4-6-18-8-10-20(11-9-19)14(21)12-18/h17H,4-13H2,1-3H3. The van der Waals surface area contributed by atoms with Crippen molar-refractivity contribution in [2.75, 3.05) is 65.4 Å². The average Bonchev–Trinajstić information content (AvgIpc) is 2.41. The normalized spacial score (nSPS) is 24.9. The first-order valence-electron chi connectivity index (χ1n) is 8.48. The van der Waals surface area contributed by atoms with Crippen LogP contribution in [0.25, 0.3) is 0 Å². The molecule has 0 saturated carbocycles. The van der Waals surface area contributed by atoms with Gasteiger partial charge in [-0.1, -0.05) is 0 Å². The Hall–Kier alpha value is -1.18. The maximum Gasteiger partial charge on any atom is 0.320 e. The van der Waals surface area contributed by atoms with Crippen molar-refractivity contribution in [3.8, 4) is 0 Å². The van der Waals surface area contributed by atoms with E-state index >= 15 is 0 Å². The lowest BCUT2D eigenvalue weighted by Crippen LogP contribution is -2.54. The Bertz CT molecular complexity index is 420. The van der Waals surface area contributed by atoms with Crippen molar-refractivity contribution in [2.24, 2.45) is 0 Å². The molecule has 3 saturated heterocycles. The maximum absolute atomic E-state index is 12.2. The summed E-state index contributed by atoms with van der Waals surface area (Å²) in [5.74, 6) is -0.0187. The van der Waals surface area contributed by atoms with Crippen LogP contribution >= 0.6 is 0 Å². The molecule has 132 valence electrons. The zero-order chi connectivity index (χ0) is 16.9. The van der Waals surface area contributed by atoms with Gasteiger partial charge in [-0.2, -0.15) is 0 Å². The summed E-state index contributed by atoms with van der Waals surface area (Å²) < 4.78 is 5.41. The van der Waals surface area contributed by atoms with Gasteiger partial charge in [0.05, 0.1) is 13.1 Å². The molecule has 2 bridgehead atoms. The number of fused-ring (bicyclic) bond motifs is 9. The fourth-order valence-electron chi connectivity index (χ4n) is 2.87. The third kappa shape index (κ3) is 6.45. The molecule has 3 fully saturated rings. The number of esters is 1. The van der Waals surface area contributed by atoms with E-state index in [1.54, 1.807) is 0 Å². The van der Waals surface area contributed by atoms with Gasteiger partial charge in [-0.3, -0.25) is 19.4 Å². The Morgan fingerprint density at radius 3 is 2.48 bits per heavy atom. The third-order valence-corrected chi connectivity index (χ3v) is 4.07. The van der Waals surface area contributed by atoms with Crippen LogP contribution in [0, 0.1) is 0 Å². The first kappa shape index (κ1) is 18.2.